The van der Waals surface area contributed by atoms with Crippen LogP contribution in [0.4, 0.5) is 0 Å². The Morgan fingerprint density at radius 1 is 0.696 bits per heavy atom. The molecule has 0 fully saturated rings. The largest absolute Gasteiger partial charge is 0.491 e. The molecule has 0 amide bonds. The lowest BCUT2D eigenvalue weighted by Crippen LogP contribution is -2.02. The van der Waals surface area contributed by atoms with Crippen molar-refractivity contribution in [3.05, 3.63) is 59.7 Å². The summed E-state index contributed by atoms with van der Waals surface area (Å²) in [5.41, 5.74) is 2.46. The van der Waals surface area contributed by atoms with Crippen molar-refractivity contribution in [2.24, 2.45) is 0 Å². The summed E-state index contributed by atoms with van der Waals surface area (Å²) in [4.78, 5) is 0. The zero-order valence-electron chi connectivity index (χ0n) is 13.3. The molecule has 2 rings (SSSR count). The first kappa shape index (κ1) is 17.3. The quantitative estimate of drug-likeness (QED) is 0.707. The lowest BCUT2D eigenvalue weighted by atomic mass is 10.0. The maximum absolute atomic E-state index is 8.79. The van der Waals surface area contributed by atoms with Crippen LogP contribution >= 0.6 is 0 Å². The van der Waals surface area contributed by atoms with Crippen molar-refractivity contribution < 1.29 is 19.7 Å². The van der Waals surface area contributed by atoms with Gasteiger partial charge in [0.1, 0.15) is 24.7 Å². The Bertz CT molecular complexity index is 532. The van der Waals surface area contributed by atoms with Gasteiger partial charge in [-0.25, -0.2) is 0 Å². The van der Waals surface area contributed by atoms with Crippen LogP contribution in [0.3, 0.4) is 0 Å². The van der Waals surface area contributed by atoms with Crippen molar-refractivity contribution in [1.82, 2.24) is 0 Å². The molecule has 0 radical (unpaired) electrons. The van der Waals surface area contributed by atoms with Crippen LogP contribution in [0.5, 0.6) is 11.5 Å². The highest BCUT2D eigenvalue weighted by Gasteiger charge is 2.00. The number of aliphatic hydroxyl groups excluding tert-OH is 2. The molecule has 4 heteroatoms. The lowest BCUT2D eigenvalue weighted by Gasteiger charge is -2.08. The monoisotopic (exact) mass is 316 g/mol. The Morgan fingerprint density at radius 3 is 1.61 bits per heavy atom. The van der Waals surface area contributed by atoms with Crippen LogP contribution in [0.25, 0.3) is 0 Å². The first-order valence-corrected chi connectivity index (χ1v) is 7.97. The van der Waals surface area contributed by atoms with Gasteiger partial charge in [-0.15, -0.1) is 0 Å². The third kappa shape index (κ3) is 6.30. The van der Waals surface area contributed by atoms with Gasteiger partial charge >= 0.3 is 0 Å². The van der Waals surface area contributed by atoms with E-state index in [1.54, 1.807) is 0 Å². The molecule has 4 nitrogen and oxygen atoms in total. The first-order valence-electron chi connectivity index (χ1n) is 7.97. The second kappa shape index (κ2) is 9.87. The molecule has 0 aliphatic rings. The summed E-state index contributed by atoms with van der Waals surface area (Å²) in [5.74, 6) is 1.60. The van der Waals surface area contributed by atoms with E-state index in [0.29, 0.717) is 13.2 Å². The van der Waals surface area contributed by atoms with Gasteiger partial charge in [0, 0.05) is 0 Å². The molecule has 0 aromatic heterocycles. The molecule has 23 heavy (non-hydrogen) atoms. The van der Waals surface area contributed by atoms with Crippen LogP contribution in [0, 0.1) is 0 Å². The van der Waals surface area contributed by atoms with Crippen LogP contribution in [0.1, 0.15) is 17.5 Å². The van der Waals surface area contributed by atoms with Crippen LogP contribution in [0.2, 0.25) is 0 Å². The van der Waals surface area contributed by atoms with E-state index in [1.165, 1.54) is 11.1 Å². The molecule has 2 N–H and O–H groups in total. The van der Waals surface area contributed by atoms with Crippen LogP contribution in [-0.4, -0.2) is 36.6 Å². The molecule has 2 aromatic rings. The number of ether oxygens (including phenoxy) is 2. The van der Waals surface area contributed by atoms with E-state index in [9.17, 15) is 0 Å². The summed E-state index contributed by atoms with van der Waals surface area (Å²) in [6.07, 6.45) is 2.98. The minimum atomic E-state index is 0.0267. The Labute approximate surface area is 137 Å². The number of aliphatic hydroxyl groups is 2. The molecule has 0 saturated carbocycles. The van der Waals surface area contributed by atoms with E-state index in [1.807, 2.05) is 36.4 Å². The Morgan fingerprint density at radius 2 is 1.17 bits per heavy atom. The second-order valence-electron chi connectivity index (χ2n) is 5.29. The average molecular weight is 316 g/mol. The zero-order chi connectivity index (χ0) is 16.3. The SMILES string of the molecule is OCCOc1cccc(CCCc2cccc(OCCO)c2)c1. The number of hydrogen-bond donors (Lipinski definition) is 2. The molecular formula is C19H24O4. The smallest absolute Gasteiger partial charge is 0.119 e. The fourth-order valence-corrected chi connectivity index (χ4v) is 2.41. The predicted molar refractivity (Wildman–Crippen MR) is 90.1 cm³/mol. The zero-order valence-corrected chi connectivity index (χ0v) is 13.3. The van der Waals surface area contributed by atoms with E-state index in [2.05, 4.69) is 12.1 Å². The van der Waals surface area contributed by atoms with Gasteiger partial charge in [-0.05, 0) is 54.7 Å². The Balaban J connectivity index is 1.82. The number of rotatable bonds is 10. The highest BCUT2D eigenvalue weighted by atomic mass is 16.5. The van der Waals surface area contributed by atoms with Crippen molar-refractivity contribution in [2.45, 2.75) is 19.3 Å². The topological polar surface area (TPSA) is 58.9 Å². The lowest BCUT2D eigenvalue weighted by molar-refractivity contribution is 0.201. The maximum Gasteiger partial charge on any atom is 0.119 e. The van der Waals surface area contributed by atoms with Crippen LogP contribution in [-0.2, 0) is 12.8 Å². The minimum Gasteiger partial charge on any atom is -0.491 e. The van der Waals surface area contributed by atoms with E-state index >= 15 is 0 Å². The molecule has 0 spiro atoms. The average Bonchev–Trinajstić information content (AvgIpc) is 2.59. The molecule has 0 bridgehead atoms. The summed E-state index contributed by atoms with van der Waals surface area (Å²) in [5, 5.41) is 17.6. The van der Waals surface area contributed by atoms with Crippen LogP contribution in [0.15, 0.2) is 48.5 Å². The molecule has 0 saturated heterocycles. The molecule has 0 aliphatic heterocycles. The molecule has 0 heterocycles. The van der Waals surface area contributed by atoms with Gasteiger partial charge in [-0.2, -0.15) is 0 Å². The molecule has 124 valence electrons. The molecular weight excluding hydrogens is 292 g/mol. The van der Waals surface area contributed by atoms with Gasteiger partial charge in [-0.1, -0.05) is 24.3 Å². The molecule has 0 aliphatic carbocycles. The fourth-order valence-electron chi connectivity index (χ4n) is 2.41. The van der Waals surface area contributed by atoms with E-state index in [0.717, 1.165) is 30.8 Å². The highest BCUT2D eigenvalue weighted by Crippen LogP contribution is 2.18. The Hall–Kier alpha value is -2.04. The summed E-state index contributed by atoms with van der Waals surface area (Å²) < 4.78 is 10.9. The molecule has 0 atom stereocenters. The van der Waals surface area contributed by atoms with Gasteiger partial charge in [0.15, 0.2) is 0 Å². The van der Waals surface area contributed by atoms with E-state index < -0.39 is 0 Å². The number of aryl methyl sites for hydroxylation is 2. The fraction of sp³-hybridized carbons (Fsp3) is 0.368. The summed E-state index contributed by atoms with van der Waals surface area (Å²) >= 11 is 0. The normalized spacial score (nSPS) is 10.5. The van der Waals surface area contributed by atoms with Gasteiger partial charge in [0.25, 0.3) is 0 Å². The van der Waals surface area contributed by atoms with Gasteiger partial charge in [0.05, 0.1) is 13.2 Å². The van der Waals surface area contributed by atoms with Crippen molar-refractivity contribution in [1.29, 1.82) is 0 Å². The van der Waals surface area contributed by atoms with Gasteiger partial charge in [-0.3, -0.25) is 0 Å². The minimum absolute atomic E-state index is 0.0267. The summed E-state index contributed by atoms with van der Waals surface area (Å²) in [6, 6.07) is 16.0. The number of benzene rings is 2. The number of hydrogen-bond acceptors (Lipinski definition) is 4. The van der Waals surface area contributed by atoms with E-state index in [-0.39, 0.29) is 13.2 Å². The summed E-state index contributed by atoms with van der Waals surface area (Å²) in [6.45, 7) is 0.700. The molecule has 0 unspecified atom stereocenters. The van der Waals surface area contributed by atoms with Gasteiger partial charge < -0.3 is 19.7 Å². The van der Waals surface area contributed by atoms with Crippen LogP contribution < -0.4 is 9.47 Å². The summed E-state index contributed by atoms with van der Waals surface area (Å²) in [7, 11) is 0. The highest BCUT2D eigenvalue weighted by molar-refractivity contribution is 5.30. The van der Waals surface area contributed by atoms with Crippen molar-refractivity contribution in [3.63, 3.8) is 0 Å². The predicted octanol–water partition coefficient (Wildman–Crippen LogP) is 2.60. The third-order valence-electron chi connectivity index (χ3n) is 3.45. The first-order chi connectivity index (χ1) is 11.3. The van der Waals surface area contributed by atoms with Crippen molar-refractivity contribution in [2.75, 3.05) is 26.4 Å². The second-order valence-corrected chi connectivity index (χ2v) is 5.29. The van der Waals surface area contributed by atoms with E-state index in [4.69, 9.17) is 19.7 Å². The van der Waals surface area contributed by atoms with Crippen molar-refractivity contribution >= 4 is 0 Å². The molecule has 2 aromatic carbocycles. The standard InChI is InChI=1S/C19H24O4/c20-10-12-22-18-8-2-6-16(14-18)4-1-5-17-7-3-9-19(15-17)23-13-11-21/h2-3,6-9,14-15,20-21H,1,4-5,10-13H2. The van der Waals surface area contributed by atoms with Gasteiger partial charge in [0.2, 0.25) is 0 Å². The third-order valence-corrected chi connectivity index (χ3v) is 3.45. The Kier molecular flexibility index (Phi) is 7.43. The maximum atomic E-state index is 8.79. The van der Waals surface area contributed by atoms with Crippen molar-refractivity contribution in [3.8, 4) is 11.5 Å².